The maximum atomic E-state index is 11.4. The Hall–Kier alpha value is -2.12. The molecule has 7 heteroatoms. The van der Waals surface area contributed by atoms with E-state index in [1.807, 2.05) is 25.1 Å². The number of rotatable bonds is 6. The summed E-state index contributed by atoms with van der Waals surface area (Å²) in [5.74, 6) is 6.09. The third-order valence-electron chi connectivity index (χ3n) is 2.73. The molecule has 0 fully saturated rings. The molecule has 6 nitrogen and oxygen atoms in total. The standard InChI is InChI=1S/C14H17N3O3S/c1-3-6-20-10-5-4-9(7-11(10)19-2)14-16-8-12(21-14)13(18)17-15/h4-5,7-8H,3,6,15H2,1-2H3,(H,17,18). The molecule has 0 saturated carbocycles. The van der Waals surface area contributed by atoms with E-state index >= 15 is 0 Å². The van der Waals surface area contributed by atoms with Crippen LogP contribution in [-0.4, -0.2) is 24.6 Å². The number of carbonyl (C=O) groups is 1. The molecule has 2 rings (SSSR count). The van der Waals surface area contributed by atoms with Gasteiger partial charge in [0.15, 0.2) is 11.5 Å². The van der Waals surface area contributed by atoms with E-state index in [0.29, 0.717) is 28.0 Å². The number of aromatic nitrogens is 1. The normalized spacial score (nSPS) is 10.2. The number of nitrogen functional groups attached to an aromatic ring is 1. The molecule has 0 bridgehead atoms. The number of hydrogen-bond acceptors (Lipinski definition) is 6. The van der Waals surface area contributed by atoms with Crippen molar-refractivity contribution in [3.63, 3.8) is 0 Å². The molecule has 3 N–H and O–H groups in total. The van der Waals surface area contributed by atoms with Gasteiger partial charge in [-0.1, -0.05) is 6.92 Å². The minimum absolute atomic E-state index is 0.353. The van der Waals surface area contributed by atoms with Crippen LogP contribution in [-0.2, 0) is 0 Å². The average molecular weight is 307 g/mol. The monoisotopic (exact) mass is 307 g/mol. The van der Waals surface area contributed by atoms with Crippen LogP contribution in [0.2, 0.25) is 0 Å². The van der Waals surface area contributed by atoms with E-state index in [9.17, 15) is 4.79 Å². The van der Waals surface area contributed by atoms with Crippen molar-refractivity contribution in [1.29, 1.82) is 0 Å². The number of nitrogens with zero attached hydrogens (tertiary/aromatic N) is 1. The van der Waals surface area contributed by atoms with Crippen molar-refractivity contribution in [3.8, 4) is 22.1 Å². The first-order chi connectivity index (χ1) is 10.2. The highest BCUT2D eigenvalue weighted by Gasteiger charge is 2.13. The van der Waals surface area contributed by atoms with Gasteiger partial charge in [0.1, 0.15) is 9.88 Å². The van der Waals surface area contributed by atoms with Crippen LogP contribution < -0.4 is 20.7 Å². The summed E-state index contributed by atoms with van der Waals surface area (Å²) in [4.78, 5) is 16.1. The van der Waals surface area contributed by atoms with Gasteiger partial charge < -0.3 is 9.47 Å². The lowest BCUT2D eigenvalue weighted by atomic mass is 10.2. The molecule has 0 saturated heterocycles. The number of ether oxygens (including phenoxy) is 2. The van der Waals surface area contributed by atoms with Crippen LogP contribution in [0.3, 0.4) is 0 Å². The minimum Gasteiger partial charge on any atom is -0.493 e. The second kappa shape index (κ2) is 7.05. The van der Waals surface area contributed by atoms with Crippen molar-refractivity contribution in [3.05, 3.63) is 29.3 Å². The van der Waals surface area contributed by atoms with Crippen LogP contribution in [0.5, 0.6) is 11.5 Å². The number of benzene rings is 1. The van der Waals surface area contributed by atoms with Gasteiger partial charge in [0.25, 0.3) is 5.91 Å². The van der Waals surface area contributed by atoms with Crippen molar-refractivity contribution in [2.75, 3.05) is 13.7 Å². The largest absolute Gasteiger partial charge is 0.493 e. The second-order valence-electron chi connectivity index (χ2n) is 4.22. The lowest BCUT2D eigenvalue weighted by molar-refractivity contribution is 0.0957. The summed E-state index contributed by atoms with van der Waals surface area (Å²) in [5.41, 5.74) is 2.95. The van der Waals surface area contributed by atoms with Gasteiger partial charge >= 0.3 is 0 Å². The number of carbonyl (C=O) groups excluding carboxylic acids is 1. The topological polar surface area (TPSA) is 86.5 Å². The number of nitrogens with one attached hydrogen (secondary N) is 1. The van der Waals surface area contributed by atoms with Crippen molar-refractivity contribution < 1.29 is 14.3 Å². The first kappa shape index (κ1) is 15.3. The molecule has 0 aliphatic heterocycles. The van der Waals surface area contributed by atoms with Crippen LogP contribution in [0, 0.1) is 0 Å². The zero-order valence-corrected chi connectivity index (χ0v) is 12.7. The smallest absolute Gasteiger partial charge is 0.276 e. The summed E-state index contributed by atoms with van der Waals surface area (Å²) in [5, 5.41) is 0.717. The zero-order valence-electron chi connectivity index (χ0n) is 11.9. The predicted octanol–water partition coefficient (Wildman–Crippen LogP) is 2.21. The first-order valence-electron chi connectivity index (χ1n) is 6.47. The Kier molecular flexibility index (Phi) is 5.13. The molecule has 0 aliphatic carbocycles. The van der Waals surface area contributed by atoms with Crippen molar-refractivity contribution >= 4 is 17.2 Å². The Balaban J connectivity index is 2.28. The molecule has 1 amide bonds. The molecule has 0 radical (unpaired) electrons. The van der Waals surface area contributed by atoms with Crippen molar-refractivity contribution in [2.24, 2.45) is 5.84 Å². The molecular weight excluding hydrogens is 290 g/mol. The Morgan fingerprint density at radius 1 is 1.43 bits per heavy atom. The quantitative estimate of drug-likeness (QED) is 0.485. The van der Waals surface area contributed by atoms with Gasteiger partial charge in [-0.3, -0.25) is 10.2 Å². The molecule has 21 heavy (non-hydrogen) atoms. The minimum atomic E-state index is -0.353. The third kappa shape index (κ3) is 3.50. The third-order valence-corrected chi connectivity index (χ3v) is 3.78. The van der Waals surface area contributed by atoms with Gasteiger partial charge in [-0.15, -0.1) is 11.3 Å². The SMILES string of the molecule is CCCOc1ccc(-c2ncc(C(=O)NN)s2)cc1OC. The Bertz CT molecular complexity index is 628. The van der Waals surface area contributed by atoms with Crippen LogP contribution in [0.1, 0.15) is 23.0 Å². The Labute approximate surface area is 126 Å². The fourth-order valence-electron chi connectivity index (χ4n) is 1.72. The molecule has 1 heterocycles. The number of methoxy groups -OCH3 is 1. The van der Waals surface area contributed by atoms with Crippen molar-refractivity contribution in [2.45, 2.75) is 13.3 Å². The predicted molar refractivity (Wildman–Crippen MR) is 81.5 cm³/mol. The number of thiazole rings is 1. The summed E-state index contributed by atoms with van der Waals surface area (Å²) in [7, 11) is 1.59. The van der Waals surface area contributed by atoms with Gasteiger partial charge in [-0.25, -0.2) is 10.8 Å². The van der Waals surface area contributed by atoms with Gasteiger partial charge in [-0.2, -0.15) is 0 Å². The second-order valence-corrected chi connectivity index (χ2v) is 5.25. The highest BCUT2D eigenvalue weighted by Crippen LogP contribution is 2.34. The summed E-state index contributed by atoms with van der Waals surface area (Å²) in [6.07, 6.45) is 2.42. The van der Waals surface area contributed by atoms with E-state index in [2.05, 4.69) is 10.4 Å². The molecule has 0 aliphatic rings. The average Bonchev–Trinajstić information content (AvgIpc) is 3.01. The Morgan fingerprint density at radius 2 is 2.24 bits per heavy atom. The number of nitrogens with two attached hydrogens (primary N) is 1. The maximum Gasteiger partial charge on any atom is 0.276 e. The molecule has 0 atom stereocenters. The lowest BCUT2D eigenvalue weighted by Gasteiger charge is -2.10. The van der Waals surface area contributed by atoms with Gasteiger partial charge in [0.2, 0.25) is 0 Å². The fourth-order valence-corrected chi connectivity index (χ4v) is 2.53. The summed E-state index contributed by atoms with van der Waals surface area (Å²) >= 11 is 1.26. The Morgan fingerprint density at radius 3 is 2.90 bits per heavy atom. The zero-order chi connectivity index (χ0) is 15.2. The van der Waals surface area contributed by atoms with E-state index < -0.39 is 0 Å². The summed E-state index contributed by atoms with van der Waals surface area (Å²) in [6, 6.07) is 5.57. The van der Waals surface area contributed by atoms with E-state index in [1.165, 1.54) is 17.5 Å². The number of hydrogen-bond donors (Lipinski definition) is 2. The van der Waals surface area contributed by atoms with Gasteiger partial charge in [0.05, 0.1) is 19.9 Å². The molecular formula is C14H17N3O3S. The van der Waals surface area contributed by atoms with Crippen LogP contribution in [0.4, 0.5) is 0 Å². The van der Waals surface area contributed by atoms with E-state index in [-0.39, 0.29) is 5.91 Å². The van der Waals surface area contributed by atoms with E-state index in [1.54, 1.807) is 7.11 Å². The number of amides is 1. The molecule has 1 aromatic heterocycles. The molecule has 1 aromatic carbocycles. The maximum absolute atomic E-state index is 11.4. The van der Waals surface area contributed by atoms with Crippen LogP contribution in [0.15, 0.2) is 24.4 Å². The van der Waals surface area contributed by atoms with Crippen molar-refractivity contribution in [1.82, 2.24) is 10.4 Å². The fraction of sp³-hybridized carbons (Fsp3) is 0.286. The highest BCUT2D eigenvalue weighted by molar-refractivity contribution is 7.16. The molecule has 0 unspecified atom stereocenters. The van der Waals surface area contributed by atoms with E-state index in [4.69, 9.17) is 15.3 Å². The summed E-state index contributed by atoms with van der Waals surface area (Å²) in [6.45, 7) is 2.67. The van der Waals surface area contributed by atoms with E-state index in [0.717, 1.165) is 12.0 Å². The molecule has 0 spiro atoms. The lowest BCUT2D eigenvalue weighted by Crippen LogP contribution is -2.29. The molecule has 112 valence electrons. The van der Waals surface area contributed by atoms with Gasteiger partial charge in [0, 0.05) is 5.56 Å². The summed E-state index contributed by atoms with van der Waals surface area (Å²) < 4.78 is 10.9. The first-order valence-corrected chi connectivity index (χ1v) is 7.29. The van der Waals surface area contributed by atoms with Crippen LogP contribution >= 0.6 is 11.3 Å². The van der Waals surface area contributed by atoms with Gasteiger partial charge in [-0.05, 0) is 24.6 Å². The highest BCUT2D eigenvalue weighted by atomic mass is 32.1. The molecule has 2 aromatic rings. The van der Waals surface area contributed by atoms with Crippen LogP contribution in [0.25, 0.3) is 10.6 Å². The number of hydrazine groups is 1.